The molecule has 0 saturated carbocycles. The van der Waals surface area contributed by atoms with Crippen LogP contribution in [-0.4, -0.2) is 28.2 Å². The first kappa shape index (κ1) is 10.9. The van der Waals surface area contributed by atoms with Crippen LogP contribution in [0.5, 0.6) is 0 Å². The van der Waals surface area contributed by atoms with Crippen LogP contribution in [0, 0.1) is 5.41 Å². The summed E-state index contributed by atoms with van der Waals surface area (Å²) in [5.74, 6) is -0.0504. The fourth-order valence-electron chi connectivity index (χ4n) is 1.25. The minimum absolute atomic E-state index is 0.175. The summed E-state index contributed by atoms with van der Waals surface area (Å²) in [6.45, 7) is 6.47. The maximum atomic E-state index is 10.7. The van der Waals surface area contributed by atoms with E-state index in [9.17, 15) is 4.79 Å². The van der Waals surface area contributed by atoms with Gasteiger partial charge < -0.3 is 5.11 Å². The first-order valence-corrected chi connectivity index (χ1v) is 5.62. The quantitative estimate of drug-likeness (QED) is 0.730. The molecule has 4 heteroatoms. The molecular weight excluding hydrogens is 186 g/mol. The molecule has 0 bridgehead atoms. The Balaban J connectivity index is 2.54. The Bertz CT molecular complexity index is 206. The van der Waals surface area contributed by atoms with E-state index in [1.54, 1.807) is 11.8 Å². The SMILES string of the molecule is CCC(C)(C)C1N[C@H](C(=O)O)CS1. The molecule has 1 rings (SSSR count). The molecule has 0 aromatic rings. The fraction of sp³-hybridized carbons (Fsp3) is 0.889. The number of aliphatic carboxylic acids is 1. The van der Waals surface area contributed by atoms with Crippen LogP contribution in [0.4, 0.5) is 0 Å². The summed E-state index contributed by atoms with van der Waals surface area (Å²) in [6.07, 6.45) is 1.06. The van der Waals surface area contributed by atoms with Gasteiger partial charge in [0.05, 0.1) is 5.37 Å². The van der Waals surface area contributed by atoms with Gasteiger partial charge in [0.2, 0.25) is 0 Å². The number of rotatable bonds is 3. The first-order chi connectivity index (χ1) is 5.97. The first-order valence-electron chi connectivity index (χ1n) is 4.58. The summed E-state index contributed by atoms with van der Waals surface area (Å²) < 4.78 is 0. The highest BCUT2D eigenvalue weighted by Gasteiger charge is 2.37. The maximum absolute atomic E-state index is 10.7. The Morgan fingerprint density at radius 1 is 1.69 bits per heavy atom. The highest BCUT2D eigenvalue weighted by atomic mass is 32.2. The Morgan fingerprint density at radius 3 is 2.69 bits per heavy atom. The molecule has 1 saturated heterocycles. The van der Waals surface area contributed by atoms with Crippen molar-refractivity contribution in [2.24, 2.45) is 5.41 Å². The van der Waals surface area contributed by atoms with Crippen molar-refractivity contribution < 1.29 is 9.90 Å². The Hall–Kier alpha value is -0.220. The molecule has 0 radical (unpaired) electrons. The van der Waals surface area contributed by atoms with E-state index in [-0.39, 0.29) is 16.8 Å². The highest BCUT2D eigenvalue weighted by Crippen LogP contribution is 2.36. The zero-order valence-electron chi connectivity index (χ0n) is 8.33. The summed E-state index contributed by atoms with van der Waals surface area (Å²) in [6, 6.07) is -0.360. The van der Waals surface area contributed by atoms with Gasteiger partial charge in [-0.2, -0.15) is 0 Å². The third-order valence-corrected chi connectivity index (χ3v) is 4.33. The van der Waals surface area contributed by atoms with Crippen molar-refractivity contribution in [2.45, 2.75) is 38.6 Å². The molecule has 1 aliphatic rings. The van der Waals surface area contributed by atoms with Gasteiger partial charge in [-0.1, -0.05) is 20.8 Å². The van der Waals surface area contributed by atoms with Crippen LogP contribution in [0.1, 0.15) is 27.2 Å². The standard InChI is InChI=1S/C9H17NO2S/c1-4-9(2,3)8-10-6(5-13-8)7(11)12/h6,8,10H,4-5H2,1-3H3,(H,11,12)/t6-,8?/m0/s1. The molecule has 1 fully saturated rings. The zero-order chi connectivity index (χ0) is 10.1. The van der Waals surface area contributed by atoms with E-state index in [1.807, 2.05) is 0 Å². The average molecular weight is 203 g/mol. The van der Waals surface area contributed by atoms with Gasteiger partial charge in [-0.05, 0) is 11.8 Å². The van der Waals surface area contributed by atoms with Gasteiger partial charge in [0.1, 0.15) is 6.04 Å². The van der Waals surface area contributed by atoms with Gasteiger partial charge in [-0.15, -0.1) is 11.8 Å². The van der Waals surface area contributed by atoms with Crippen LogP contribution in [-0.2, 0) is 4.79 Å². The van der Waals surface area contributed by atoms with Crippen LogP contribution >= 0.6 is 11.8 Å². The van der Waals surface area contributed by atoms with E-state index in [0.29, 0.717) is 5.75 Å². The number of carboxylic acids is 1. The van der Waals surface area contributed by atoms with Crippen LogP contribution in [0.15, 0.2) is 0 Å². The van der Waals surface area contributed by atoms with Gasteiger partial charge in [0, 0.05) is 5.75 Å². The number of hydrogen-bond acceptors (Lipinski definition) is 3. The van der Waals surface area contributed by atoms with Crippen LogP contribution in [0.25, 0.3) is 0 Å². The lowest BCUT2D eigenvalue weighted by molar-refractivity contribution is -0.138. The summed E-state index contributed by atoms with van der Waals surface area (Å²) in [7, 11) is 0. The lowest BCUT2D eigenvalue weighted by Crippen LogP contribution is -2.42. The van der Waals surface area contributed by atoms with Crippen molar-refractivity contribution >= 4 is 17.7 Å². The second-order valence-electron chi connectivity index (χ2n) is 4.11. The summed E-state index contributed by atoms with van der Waals surface area (Å²) >= 11 is 1.72. The predicted octanol–water partition coefficient (Wildman–Crippen LogP) is 1.54. The van der Waals surface area contributed by atoms with E-state index in [2.05, 4.69) is 26.1 Å². The van der Waals surface area contributed by atoms with Gasteiger partial charge in [0.25, 0.3) is 0 Å². The van der Waals surface area contributed by atoms with Crippen LogP contribution in [0.2, 0.25) is 0 Å². The maximum Gasteiger partial charge on any atom is 0.321 e. The molecule has 0 aliphatic carbocycles. The van der Waals surface area contributed by atoms with Crippen molar-refractivity contribution in [3.63, 3.8) is 0 Å². The van der Waals surface area contributed by atoms with Crippen LogP contribution < -0.4 is 5.32 Å². The molecule has 0 aromatic heterocycles. The van der Waals surface area contributed by atoms with Gasteiger partial charge in [0.15, 0.2) is 0 Å². The van der Waals surface area contributed by atoms with E-state index < -0.39 is 5.97 Å². The molecule has 1 heterocycles. The predicted molar refractivity (Wildman–Crippen MR) is 54.9 cm³/mol. The minimum Gasteiger partial charge on any atom is -0.480 e. The number of nitrogens with one attached hydrogen (secondary N) is 1. The Kier molecular flexibility index (Phi) is 3.24. The van der Waals surface area contributed by atoms with Gasteiger partial charge >= 0.3 is 5.97 Å². The van der Waals surface area contributed by atoms with Crippen molar-refractivity contribution in [1.29, 1.82) is 0 Å². The normalized spacial score (nSPS) is 29.2. The molecule has 0 spiro atoms. The number of carboxylic acid groups (broad SMARTS) is 1. The lowest BCUT2D eigenvalue weighted by atomic mass is 9.90. The Labute approximate surface area is 83.3 Å². The summed E-state index contributed by atoms with van der Waals surface area (Å²) in [5.41, 5.74) is 0.175. The van der Waals surface area contributed by atoms with Crippen LogP contribution in [0.3, 0.4) is 0 Å². The zero-order valence-corrected chi connectivity index (χ0v) is 9.15. The monoisotopic (exact) mass is 203 g/mol. The number of thioether (sulfide) groups is 1. The van der Waals surface area contributed by atoms with E-state index in [4.69, 9.17) is 5.11 Å². The summed E-state index contributed by atoms with van der Waals surface area (Å²) in [4.78, 5) is 10.7. The molecular formula is C9H17NO2S. The second kappa shape index (κ2) is 3.88. The molecule has 1 unspecified atom stereocenters. The van der Waals surface area contributed by atoms with Crippen molar-refractivity contribution in [3.8, 4) is 0 Å². The largest absolute Gasteiger partial charge is 0.480 e. The molecule has 0 amide bonds. The summed E-state index contributed by atoms with van der Waals surface area (Å²) in [5, 5.41) is 12.2. The van der Waals surface area contributed by atoms with Crippen molar-refractivity contribution in [2.75, 3.05) is 5.75 Å². The molecule has 1 aliphatic heterocycles. The fourth-order valence-corrected chi connectivity index (χ4v) is 2.75. The Morgan fingerprint density at radius 2 is 2.31 bits per heavy atom. The third kappa shape index (κ3) is 2.38. The minimum atomic E-state index is -0.734. The molecule has 3 nitrogen and oxygen atoms in total. The third-order valence-electron chi connectivity index (χ3n) is 2.70. The highest BCUT2D eigenvalue weighted by molar-refractivity contribution is 8.00. The molecule has 76 valence electrons. The van der Waals surface area contributed by atoms with E-state index in [0.717, 1.165) is 6.42 Å². The van der Waals surface area contributed by atoms with E-state index in [1.165, 1.54) is 0 Å². The van der Waals surface area contributed by atoms with Crippen molar-refractivity contribution in [1.82, 2.24) is 5.32 Å². The van der Waals surface area contributed by atoms with Crippen molar-refractivity contribution in [3.05, 3.63) is 0 Å². The molecule has 13 heavy (non-hydrogen) atoms. The van der Waals surface area contributed by atoms with E-state index >= 15 is 0 Å². The van der Waals surface area contributed by atoms with Gasteiger partial charge in [-0.3, -0.25) is 10.1 Å². The second-order valence-corrected chi connectivity index (χ2v) is 5.25. The number of carbonyl (C=O) groups is 1. The molecule has 0 aromatic carbocycles. The topological polar surface area (TPSA) is 49.3 Å². The number of hydrogen-bond donors (Lipinski definition) is 2. The molecule has 2 N–H and O–H groups in total. The van der Waals surface area contributed by atoms with Gasteiger partial charge in [-0.25, -0.2) is 0 Å². The smallest absolute Gasteiger partial charge is 0.321 e. The molecule has 2 atom stereocenters. The lowest BCUT2D eigenvalue weighted by Gasteiger charge is -2.29. The average Bonchev–Trinajstić information content (AvgIpc) is 2.52.